The molecule has 1 amide bonds. The minimum absolute atomic E-state index is 0.187. The monoisotopic (exact) mass is 493 g/mol. The first-order chi connectivity index (χ1) is 17.2. The third kappa shape index (κ3) is 5.64. The molecule has 2 aliphatic rings. The number of pyridine rings is 1. The Morgan fingerprint density at radius 1 is 1.00 bits per heavy atom. The van der Waals surface area contributed by atoms with E-state index in [0.29, 0.717) is 42.8 Å². The Morgan fingerprint density at radius 2 is 1.77 bits per heavy atom. The molecule has 3 aromatic rings. The van der Waals surface area contributed by atoms with Gasteiger partial charge in [-0.2, -0.15) is 11.8 Å². The molecule has 8 heteroatoms. The maximum Gasteiger partial charge on any atom is 0.375 e. The summed E-state index contributed by atoms with van der Waals surface area (Å²) < 4.78 is 11.4. The molecule has 0 atom stereocenters. The first kappa shape index (κ1) is 23.7. The van der Waals surface area contributed by atoms with Crippen molar-refractivity contribution in [1.82, 2.24) is 9.88 Å². The molecule has 2 aromatic heterocycles. The van der Waals surface area contributed by atoms with Crippen LogP contribution < -0.4 is 4.90 Å². The van der Waals surface area contributed by atoms with Crippen LogP contribution in [0.5, 0.6) is 0 Å². The number of amides is 1. The van der Waals surface area contributed by atoms with Gasteiger partial charge in [0, 0.05) is 54.3 Å². The van der Waals surface area contributed by atoms with E-state index in [0.717, 1.165) is 16.8 Å². The molecular formula is C27H31N3O4S. The van der Waals surface area contributed by atoms with Gasteiger partial charge in [0.2, 0.25) is 5.76 Å². The van der Waals surface area contributed by atoms with Gasteiger partial charge in [0.25, 0.3) is 5.91 Å². The molecule has 5 rings (SSSR count). The third-order valence-corrected chi connectivity index (χ3v) is 8.23. The highest BCUT2D eigenvalue weighted by Gasteiger charge is 2.26. The zero-order chi connectivity index (χ0) is 24.0. The Morgan fingerprint density at radius 3 is 2.54 bits per heavy atom. The van der Waals surface area contributed by atoms with Gasteiger partial charge in [-0.3, -0.25) is 4.79 Å². The Kier molecular flexibility index (Phi) is 7.57. The second-order valence-corrected chi connectivity index (χ2v) is 10.4. The van der Waals surface area contributed by atoms with Crippen molar-refractivity contribution in [2.24, 2.45) is 0 Å². The lowest BCUT2D eigenvalue weighted by Crippen LogP contribution is -2.50. The smallest absolute Gasteiger partial charge is 0.375 e. The van der Waals surface area contributed by atoms with Crippen molar-refractivity contribution in [3.63, 3.8) is 0 Å². The van der Waals surface area contributed by atoms with Crippen molar-refractivity contribution in [2.75, 3.05) is 37.7 Å². The Hall–Kier alpha value is -3.00. The fraction of sp³-hybridized carbons (Fsp3) is 0.444. The highest BCUT2D eigenvalue weighted by Crippen LogP contribution is 2.35. The van der Waals surface area contributed by atoms with E-state index in [-0.39, 0.29) is 18.3 Å². The van der Waals surface area contributed by atoms with Crippen molar-refractivity contribution in [3.8, 4) is 0 Å². The van der Waals surface area contributed by atoms with Crippen LogP contribution in [0.2, 0.25) is 0 Å². The summed E-state index contributed by atoms with van der Waals surface area (Å²) in [5.41, 5.74) is 1.55. The average Bonchev–Trinajstić information content (AvgIpc) is 3.30. The lowest BCUT2D eigenvalue weighted by atomic mass is 10.0. The predicted molar refractivity (Wildman–Crippen MR) is 138 cm³/mol. The number of piperazine rings is 1. The number of thioether (sulfide) groups is 1. The predicted octanol–water partition coefficient (Wildman–Crippen LogP) is 4.90. The van der Waals surface area contributed by atoms with Crippen molar-refractivity contribution >= 4 is 40.4 Å². The summed E-state index contributed by atoms with van der Waals surface area (Å²) in [6.07, 6.45) is 8.08. The Bertz CT molecular complexity index is 1150. The van der Waals surface area contributed by atoms with Crippen molar-refractivity contribution in [3.05, 3.63) is 60.0 Å². The Labute approximate surface area is 209 Å². The molecular weight excluding hydrogens is 462 g/mol. The number of fused-ring (bicyclic) bond motifs is 1. The summed E-state index contributed by atoms with van der Waals surface area (Å²) in [6, 6.07) is 13.5. The van der Waals surface area contributed by atoms with E-state index in [1.54, 1.807) is 11.1 Å². The summed E-state index contributed by atoms with van der Waals surface area (Å²) in [7, 11) is 0. The fourth-order valence-corrected chi connectivity index (χ4v) is 6.21. The number of rotatable bonds is 7. The number of aromatic nitrogens is 1. The zero-order valence-electron chi connectivity index (χ0n) is 19.9. The first-order valence-corrected chi connectivity index (χ1v) is 13.5. The van der Waals surface area contributed by atoms with Crippen LogP contribution in [-0.4, -0.2) is 59.8 Å². The van der Waals surface area contributed by atoms with Crippen molar-refractivity contribution < 1.29 is 18.7 Å². The van der Waals surface area contributed by atoms with Crippen LogP contribution in [0.15, 0.2) is 53.1 Å². The molecule has 7 nitrogen and oxygen atoms in total. The molecule has 184 valence electrons. The fourth-order valence-electron chi connectivity index (χ4n) is 4.85. The third-order valence-electron chi connectivity index (χ3n) is 6.83. The maximum atomic E-state index is 13.0. The van der Waals surface area contributed by atoms with E-state index in [4.69, 9.17) is 9.15 Å². The molecule has 1 aromatic carbocycles. The highest BCUT2D eigenvalue weighted by molar-refractivity contribution is 7.99. The summed E-state index contributed by atoms with van der Waals surface area (Å²) in [6.45, 7) is 2.25. The number of furan rings is 1. The number of esters is 1. The molecule has 1 aliphatic heterocycles. The number of carbonyl (C=O) groups excluding carboxylic acids is 2. The minimum atomic E-state index is -0.569. The van der Waals surface area contributed by atoms with Gasteiger partial charge in [-0.25, -0.2) is 9.78 Å². The SMILES string of the molecule is O=C(OCC(=O)N1CCN(c2ccccn2)CC1)c1oc2ccccc2c1CSC1CCCCC1. The van der Waals surface area contributed by atoms with Gasteiger partial charge < -0.3 is 19.0 Å². The molecule has 0 radical (unpaired) electrons. The second-order valence-electron chi connectivity index (χ2n) is 9.11. The maximum absolute atomic E-state index is 13.0. The molecule has 3 heterocycles. The number of hydrogen-bond donors (Lipinski definition) is 0. The minimum Gasteiger partial charge on any atom is -0.450 e. The van der Waals surface area contributed by atoms with Gasteiger partial charge in [0.1, 0.15) is 11.4 Å². The summed E-state index contributed by atoms with van der Waals surface area (Å²) in [5, 5.41) is 1.56. The zero-order valence-corrected chi connectivity index (χ0v) is 20.7. The van der Waals surface area contributed by atoms with Gasteiger partial charge in [0.05, 0.1) is 0 Å². The molecule has 35 heavy (non-hydrogen) atoms. The number of para-hydroxylation sites is 1. The van der Waals surface area contributed by atoms with Gasteiger partial charge in [0.15, 0.2) is 6.61 Å². The van der Waals surface area contributed by atoms with Crippen LogP contribution >= 0.6 is 11.8 Å². The lowest BCUT2D eigenvalue weighted by Gasteiger charge is -2.35. The number of nitrogens with zero attached hydrogens (tertiary/aromatic N) is 3. The standard InChI is InChI=1S/C27H31N3O4S/c31-25(30-16-14-29(15-17-30)24-12-6-7-13-28-24)18-33-27(32)26-22(19-35-20-8-2-1-3-9-20)21-10-4-5-11-23(21)34-26/h4-7,10-13,20H,1-3,8-9,14-19H2. The molecule has 1 aliphatic carbocycles. The normalized spacial score (nSPS) is 17.0. The lowest BCUT2D eigenvalue weighted by molar-refractivity contribution is -0.134. The quantitative estimate of drug-likeness (QED) is 0.433. The Balaban J connectivity index is 1.19. The van der Waals surface area contributed by atoms with Crippen LogP contribution in [0, 0.1) is 0 Å². The highest BCUT2D eigenvalue weighted by atomic mass is 32.2. The second kappa shape index (κ2) is 11.2. The van der Waals surface area contributed by atoms with Gasteiger partial charge in [-0.15, -0.1) is 0 Å². The summed E-state index contributed by atoms with van der Waals surface area (Å²) in [5.74, 6) is 1.08. The molecule has 0 unspecified atom stereocenters. The van der Waals surface area contributed by atoms with E-state index < -0.39 is 5.97 Å². The molecule has 1 saturated heterocycles. The number of carbonyl (C=O) groups is 2. The van der Waals surface area contributed by atoms with E-state index in [9.17, 15) is 9.59 Å². The molecule has 1 saturated carbocycles. The van der Waals surface area contributed by atoms with E-state index >= 15 is 0 Å². The number of anilines is 1. The topological polar surface area (TPSA) is 75.9 Å². The number of hydrogen-bond acceptors (Lipinski definition) is 7. The van der Waals surface area contributed by atoms with Crippen LogP contribution in [0.25, 0.3) is 11.0 Å². The molecule has 0 bridgehead atoms. The largest absolute Gasteiger partial charge is 0.450 e. The van der Waals surface area contributed by atoms with Crippen molar-refractivity contribution in [2.45, 2.75) is 43.1 Å². The first-order valence-electron chi connectivity index (χ1n) is 12.4. The van der Waals surface area contributed by atoms with Crippen LogP contribution in [0.3, 0.4) is 0 Å². The van der Waals surface area contributed by atoms with Gasteiger partial charge in [-0.05, 0) is 31.0 Å². The van der Waals surface area contributed by atoms with Crippen LogP contribution in [0.1, 0.15) is 48.2 Å². The van der Waals surface area contributed by atoms with Crippen molar-refractivity contribution in [1.29, 1.82) is 0 Å². The van der Waals surface area contributed by atoms with E-state index in [1.165, 1.54) is 32.1 Å². The van der Waals surface area contributed by atoms with E-state index in [2.05, 4.69) is 9.88 Å². The van der Waals surface area contributed by atoms with Crippen LogP contribution in [0.4, 0.5) is 5.82 Å². The molecule has 0 spiro atoms. The van der Waals surface area contributed by atoms with E-state index in [1.807, 2.05) is 54.2 Å². The number of ether oxygens (including phenoxy) is 1. The number of benzene rings is 1. The summed E-state index contributed by atoms with van der Waals surface area (Å²) in [4.78, 5) is 34.0. The van der Waals surface area contributed by atoms with Gasteiger partial charge >= 0.3 is 5.97 Å². The van der Waals surface area contributed by atoms with Crippen LogP contribution in [-0.2, 0) is 15.3 Å². The van der Waals surface area contributed by atoms with Gasteiger partial charge in [-0.1, -0.05) is 43.5 Å². The molecule has 2 fully saturated rings. The average molecular weight is 494 g/mol. The molecule has 0 N–H and O–H groups in total. The summed E-state index contributed by atoms with van der Waals surface area (Å²) >= 11 is 1.89.